The van der Waals surface area contributed by atoms with Crippen molar-refractivity contribution in [1.29, 1.82) is 0 Å². The molecule has 0 amide bonds. The lowest BCUT2D eigenvalue weighted by Crippen LogP contribution is -2.85. The van der Waals surface area contributed by atoms with Crippen LogP contribution in [0.1, 0.15) is 6.92 Å². The lowest BCUT2D eigenvalue weighted by molar-refractivity contribution is -0.447. The first-order valence-corrected chi connectivity index (χ1v) is 6.05. The van der Waals surface area contributed by atoms with Crippen LogP contribution in [0.5, 0.6) is 0 Å². The van der Waals surface area contributed by atoms with Crippen LogP contribution in [0.4, 0.5) is 43.9 Å². The van der Waals surface area contributed by atoms with Crippen LogP contribution in [0.25, 0.3) is 0 Å². The van der Waals surface area contributed by atoms with E-state index in [-0.39, 0.29) is 0 Å². The average Bonchev–Trinajstić information content (AvgIpc) is 2.23. The summed E-state index contributed by atoms with van der Waals surface area (Å²) in [6.07, 6.45) is 0. The summed E-state index contributed by atoms with van der Waals surface area (Å²) in [7, 11) is -7.32. The van der Waals surface area contributed by atoms with E-state index < -0.39 is 51.4 Å². The Morgan fingerprint density at radius 3 is 1.24 bits per heavy atom. The molecular weight excluding hydrogens is 354 g/mol. The molecule has 0 radical (unpaired) electrons. The highest BCUT2D eigenvalue weighted by molar-refractivity contribution is 7.87. The largest absolute Gasteiger partial charge is 0.383 e. The highest BCUT2D eigenvalue weighted by Gasteiger charge is 3.01. The van der Waals surface area contributed by atoms with Crippen molar-refractivity contribution in [2.24, 2.45) is 0 Å². The minimum Gasteiger partial charge on any atom is -0.283 e. The van der Waals surface area contributed by atoms with Crippen LogP contribution in [-0.4, -0.2) is 47.3 Å². The van der Waals surface area contributed by atoms with Crippen LogP contribution < -0.4 is 0 Å². The van der Waals surface area contributed by atoms with Crippen molar-refractivity contribution in [3.8, 4) is 0 Å². The van der Waals surface area contributed by atoms with Gasteiger partial charge in [0.25, 0.3) is 0 Å². The van der Waals surface area contributed by atoms with E-state index in [2.05, 4.69) is 0 Å². The third-order valence-corrected chi connectivity index (χ3v) is 4.49. The van der Waals surface area contributed by atoms with Crippen LogP contribution in [0.2, 0.25) is 0 Å². The highest BCUT2D eigenvalue weighted by Crippen LogP contribution is 2.69. The average molecular weight is 358 g/mol. The van der Waals surface area contributed by atoms with Crippen LogP contribution in [0.15, 0.2) is 0 Å². The molecule has 0 aromatic heterocycles. The minimum absolute atomic E-state index is 1.10. The Bertz CT molecular complexity index is 535. The van der Waals surface area contributed by atoms with Crippen LogP contribution in [-0.2, 0) is 10.1 Å². The van der Waals surface area contributed by atoms with Gasteiger partial charge in [0.2, 0.25) is 5.67 Å². The molecule has 3 nitrogen and oxygen atoms in total. The Morgan fingerprint density at radius 1 is 0.667 bits per heavy atom. The molecule has 1 saturated carbocycles. The lowest BCUT2D eigenvalue weighted by Gasteiger charge is -2.52. The third-order valence-electron chi connectivity index (χ3n) is 3.14. The van der Waals surface area contributed by atoms with Crippen molar-refractivity contribution in [1.82, 2.24) is 0 Å². The standard InChI is InChI=1S/C7H4F10O3S/c1-2(8)3(9,10)4(11,12)5(13,14)6(15,16)7(2,17)21(18,19)20/h1H3,(H,18,19,20). The second-order valence-electron chi connectivity index (χ2n) is 4.37. The van der Waals surface area contributed by atoms with Gasteiger partial charge in [0.05, 0.1) is 0 Å². The molecule has 1 fully saturated rings. The van der Waals surface area contributed by atoms with Gasteiger partial charge < -0.3 is 0 Å². The van der Waals surface area contributed by atoms with E-state index in [0.717, 1.165) is 0 Å². The third kappa shape index (κ3) is 1.47. The molecule has 1 N–H and O–H groups in total. The zero-order valence-electron chi connectivity index (χ0n) is 9.45. The van der Waals surface area contributed by atoms with Crippen LogP contribution in [0.3, 0.4) is 0 Å². The highest BCUT2D eigenvalue weighted by atomic mass is 32.2. The molecule has 1 aliphatic rings. The molecule has 1 aliphatic carbocycles. The predicted molar refractivity (Wildman–Crippen MR) is 44.7 cm³/mol. The Labute approximate surface area is 109 Å². The van der Waals surface area contributed by atoms with E-state index in [4.69, 9.17) is 4.55 Å². The van der Waals surface area contributed by atoms with Gasteiger partial charge in [-0.05, 0) is 6.92 Å². The number of halogens is 10. The molecule has 2 atom stereocenters. The lowest BCUT2D eigenvalue weighted by atomic mass is 9.74. The van der Waals surface area contributed by atoms with Crippen LogP contribution >= 0.6 is 0 Å². The smallest absolute Gasteiger partial charge is 0.283 e. The van der Waals surface area contributed by atoms with Gasteiger partial charge in [0.15, 0.2) is 0 Å². The van der Waals surface area contributed by atoms with Gasteiger partial charge in [-0.1, -0.05) is 0 Å². The van der Waals surface area contributed by atoms with E-state index in [1.807, 2.05) is 0 Å². The van der Waals surface area contributed by atoms with Gasteiger partial charge in [-0.25, -0.2) is 8.78 Å². The van der Waals surface area contributed by atoms with E-state index in [0.29, 0.717) is 0 Å². The van der Waals surface area contributed by atoms with Crippen molar-refractivity contribution >= 4 is 10.1 Å². The fourth-order valence-electron chi connectivity index (χ4n) is 1.79. The first-order valence-electron chi connectivity index (χ1n) is 4.61. The molecule has 2 unspecified atom stereocenters. The van der Waals surface area contributed by atoms with E-state index in [9.17, 15) is 52.3 Å². The van der Waals surface area contributed by atoms with E-state index in [1.165, 1.54) is 0 Å². The van der Waals surface area contributed by atoms with Gasteiger partial charge in [0, 0.05) is 0 Å². The Morgan fingerprint density at radius 2 is 0.952 bits per heavy atom. The molecule has 126 valence electrons. The van der Waals surface area contributed by atoms with Crippen molar-refractivity contribution in [3.63, 3.8) is 0 Å². The normalized spacial score (nSPS) is 40.8. The van der Waals surface area contributed by atoms with Gasteiger partial charge >= 0.3 is 38.8 Å². The van der Waals surface area contributed by atoms with E-state index in [1.54, 1.807) is 0 Å². The SMILES string of the molecule is CC1(F)C(F)(F)C(F)(F)C(F)(F)C(F)(F)C1(F)S(=O)(=O)O. The molecule has 0 heterocycles. The maximum atomic E-state index is 13.7. The molecule has 0 aliphatic heterocycles. The summed E-state index contributed by atoms with van der Waals surface area (Å²) in [5.41, 5.74) is -6.08. The van der Waals surface area contributed by atoms with Crippen LogP contribution in [0, 0.1) is 0 Å². The second kappa shape index (κ2) is 3.75. The molecule has 1 rings (SSSR count). The fourth-order valence-corrected chi connectivity index (χ4v) is 2.86. The Kier molecular flexibility index (Phi) is 3.26. The summed E-state index contributed by atoms with van der Waals surface area (Å²) in [6, 6.07) is 0. The topological polar surface area (TPSA) is 54.4 Å². The Hall–Kier alpha value is -0.790. The fraction of sp³-hybridized carbons (Fsp3) is 1.00. The van der Waals surface area contributed by atoms with Crippen molar-refractivity contribution in [2.45, 2.75) is 41.3 Å². The molecule has 21 heavy (non-hydrogen) atoms. The molecule has 0 bridgehead atoms. The van der Waals surface area contributed by atoms with Gasteiger partial charge in [-0.15, -0.1) is 0 Å². The predicted octanol–water partition coefficient (Wildman–Crippen LogP) is 2.82. The van der Waals surface area contributed by atoms with Gasteiger partial charge in [-0.2, -0.15) is 43.5 Å². The number of hydrogen-bond donors (Lipinski definition) is 1. The van der Waals surface area contributed by atoms with Crippen molar-refractivity contribution in [2.75, 3.05) is 0 Å². The minimum atomic E-state index is -7.32. The molecule has 0 aromatic carbocycles. The second-order valence-corrected chi connectivity index (χ2v) is 5.88. The number of alkyl halides is 10. The molecule has 14 heteroatoms. The zero-order valence-corrected chi connectivity index (χ0v) is 10.3. The van der Waals surface area contributed by atoms with Gasteiger partial charge in [-0.3, -0.25) is 4.55 Å². The van der Waals surface area contributed by atoms with Crippen molar-refractivity contribution in [3.05, 3.63) is 0 Å². The zero-order chi connectivity index (χ0) is 17.5. The summed E-state index contributed by atoms with van der Waals surface area (Å²) in [4.78, 5) is 0. The summed E-state index contributed by atoms with van der Waals surface area (Å²) < 4.78 is 160. The van der Waals surface area contributed by atoms with Gasteiger partial charge in [0.1, 0.15) is 0 Å². The summed E-state index contributed by atoms with van der Waals surface area (Å²) in [5.74, 6) is -28.6. The number of rotatable bonds is 1. The molecule has 0 saturated heterocycles. The first-order chi connectivity index (χ1) is 8.75. The molecular formula is C7H4F10O3S. The molecule has 0 spiro atoms. The quantitative estimate of drug-likeness (QED) is 0.579. The number of hydrogen-bond acceptors (Lipinski definition) is 2. The molecule has 0 aromatic rings. The summed E-state index contributed by atoms with van der Waals surface area (Å²) >= 11 is 0. The summed E-state index contributed by atoms with van der Waals surface area (Å²) in [5, 5.41) is -6.72. The van der Waals surface area contributed by atoms with E-state index >= 15 is 0 Å². The maximum Gasteiger partial charge on any atom is 0.383 e. The monoisotopic (exact) mass is 358 g/mol. The first kappa shape index (κ1) is 18.3. The summed E-state index contributed by atoms with van der Waals surface area (Å²) in [6.45, 7) is -1.10. The maximum absolute atomic E-state index is 13.7. The van der Waals surface area contributed by atoms with Crippen molar-refractivity contribution < 1.29 is 56.9 Å². The Balaban J connectivity index is 4.02.